The van der Waals surface area contributed by atoms with Crippen LogP contribution in [0.4, 0.5) is 0 Å². The van der Waals surface area contributed by atoms with Gasteiger partial charge in [-0.2, -0.15) is 0 Å². The Morgan fingerprint density at radius 1 is 1.08 bits per heavy atom. The van der Waals surface area contributed by atoms with Gasteiger partial charge in [0.05, 0.1) is 0 Å². The van der Waals surface area contributed by atoms with Crippen LogP contribution < -0.4 is 10.4 Å². The van der Waals surface area contributed by atoms with Gasteiger partial charge in [-0.25, -0.2) is 4.79 Å². The minimum Gasteiger partial charge on any atom is -0.485 e. The maximum atomic E-state index is 12.1. The molecule has 3 aromatic rings. The standard InChI is InChI=1S/C20H18O4/c1-3-14-10-20(22)24-19-11-16(8-9-17(14)19)23-12-18(21)15-6-4-13(2)5-7-15/h4-11H,3,12H2,1-2H3. The molecular weight excluding hydrogens is 304 g/mol. The van der Waals surface area contributed by atoms with Gasteiger partial charge in [-0.05, 0) is 31.0 Å². The number of hydrogen-bond acceptors (Lipinski definition) is 4. The zero-order chi connectivity index (χ0) is 17.1. The molecule has 24 heavy (non-hydrogen) atoms. The van der Waals surface area contributed by atoms with Gasteiger partial charge in [-0.3, -0.25) is 4.79 Å². The molecule has 0 aliphatic rings. The molecule has 0 N–H and O–H groups in total. The van der Waals surface area contributed by atoms with Gasteiger partial charge < -0.3 is 9.15 Å². The number of rotatable bonds is 5. The molecule has 1 heterocycles. The van der Waals surface area contributed by atoms with Crippen LogP contribution in [0, 0.1) is 6.92 Å². The maximum absolute atomic E-state index is 12.1. The molecule has 0 aliphatic carbocycles. The van der Waals surface area contributed by atoms with E-state index in [9.17, 15) is 9.59 Å². The van der Waals surface area contributed by atoms with Crippen molar-refractivity contribution >= 4 is 16.8 Å². The Labute approximate surface area is 139 Å². The summed E-state index contributed by atoms with van der Waals surface area (Å²) in [6.07, 6.45) is 0.744. The smallest absolute Gasteiger partial charge is 0.336 e. The van der Waals surface area contributed by atoms with Crippen LogP contribution in [0.25, 0.3) is 11.0 Å². The Morgan fingerprint density at radius 3 is 2.54 bits per heavy atom. The van der Waals surface area contributed by atoms with Crippen LogP contribution in [0.15, 0.2) is 57.7 Å². The van der Waals surface area contributed by atoms with E-state index in [0.717, 1.165) is 22.9 Å². The van der Waals surface area contributed by atoms with Gasteiger partial charge in [0.15, 0.2) is 12.4 Å². The fraction of sp³-hybridized carbons (Fsp3) is 0.200. The van der Waals surface area contributed by atoms with Crippen molar-refractivity contribution in [2.75, 3.05) is 6.61 Å². The topological polar surface area (TPSA) is 56.5 Å². The van der Waals surface area contributed by atoms with Gasteiger partial charge in [0.1, 0.15) is 11.3 Å². The highest BCUT2D eigenvalue weighted by Gasteiger charge is 2.09. The lowest BCUT2D eigenvalue weighted by atomic mass is 10.1. The van der Waals surface area contributed by atoms with Crippen molar-refractivity contribution in [2.45, 2.75) is 20.3 Å². The van der Waals surface area contributed by atoms with Gasteiger partial charge in [-0.15, -0.1) is 0 Å². The summed E-state index contributed by atoms with van der Waals surface area (Å²) in [5.74, 6) is 0.401. The van der Waals surface area contributed by atoms with E-state index in [2.05, 4.69) is 0 Å². The third-order valence-corrected chi connectivity index (χ3v) is 3.93. The summed E-state index contributed by atoms with van der Waals surface area (Å²) in [4.78, 5) is 23.7. The molecule has 0 atom stereocenters. The van der Waals surface area contributed by atoms with Gasteiger partial charge >= 0.3 is 5.63 Å². The molecule has 0 spiro atoms. The molecule has 0 aliphatic heterocycles. The number of aryl methyl sites for hydroxylation is 2. The Hall–Kier alpha value is -2.88. The van der Waals surface area contributed by atoms with Crippen molar-refractivity contribution in [1.29, 1.82) is 0 Å². The molecule has 1 aromatic heterocycles. The highest BCUT2D eigenvalue weighted by molar-refractivity contribution is 5.97. The maximum Gasteiger partial charge on any atom is 0.336 e. The van der Waals surface area contributed by atoms with Crippen molar-refractivity contribution in [2.24, 2.45) is 0 Å². The van der Waals surface area contributed by atoms with Crippen LogP contribution in [0.2, 0.25) is 0 Å². The minimum absolute atomic E-state index is 0.0632. The number of hydrogen-bond donors (Lipinski definition) is 0. The summed E-state index contributed by atoms with van der Waals surface area (Å²) in [5, 5.41) is 0.884. The van der Waals surface area contributed by atoms with Crippen molar-refractivity contribution in [3.63, 3.8) is 0 Å². The van der Waals surface area contributed by atoms with Gasteiger partial charge in [0.25, 0.3) is 0 Å². The average molecular weight is 322 g/mol. The first-order valence-electron chi connectivity index (χ1n) is 7.86. The fourth-order valence-corrected chi connectivity index (χ4v) is 2.56. The van der Waals surface area contributed by atoms with E-state index < -0.39 is 0 Å². The lowest BCUT2D eigenvalue weighted by Crippen LogP contribution is -2.11. The van der Waals surface area contributed by atoms with Crippen molar-refractivity contribution in [3.05, 3.63) is 75.6 Å². The summed E-state index contributed by atoms with van der Waals surface area (Å²) in [6.45, 7) is 3.89. The Balaban J connectivity index is 1.79. The first-order valence-corrected chi connectivity index (χ1v) is 7.86. The summed E-state index contributed by atoms with van der Waals surface area (Å²) >= 11 is 0. The second kappa shape index (κ2) is 6.71. The molecule has 0 unspecified atom stereocenters. The number of carbonyl (C=O) groups excluding carboxylic acids is 1. The third-order valence-electron chi connectivity index (χ3n) is 3.93. The molecule has 0 saturated heterocycles. The summed E-state index contributed by atoms with van der Waals surface area (Å²) in [5.41, 5.74) is 2.74. The van der Waals surface area contributed by atoms with Crippen LogP contribution >= 0.6 is 0 Å². The van der Waals surface area contributed by atoms with Crippen molar-refractivity contribution in [3.8, 4) is 5.75 Å². The Morgan fingerprint density at radius 2 is 1.83 bits per heavy atom. The number of fused-ring (bicyclic) bond motifs is 1. The Kier molecular flexibility index (Phi) is 4.47. The SMILES string of the molecule is CCc1cc(=O)oc2cc(OCC(=O)c3ccc(C)cc3)ccc12. The molecule has 4 heteroatoms. The molecule has 0 bridgehead atoms. The predicted molar refractivity (Wildman–Crippen MR) is 92.9 cm³/mol. The lowest BCUT2D eigenvalue weighted by Gasteiger charge is -2.08. The van der Waals surface area contributed by atoms with Crippen LogP contribution in [-0.2, 0) is 6.42 Å². The molecule has 0 fully saturated rings. The number of Topliss-reactive ketones (excluding diaryl/α,β-unsaturated/α-hetero) is 1. The zero-order valence-electron chi connectivity index (χ0n) is 13.7. The van der Waals surface area contributed by atoms with Crippen LogP contribution in [0.1, 0.15) is 28.4 Å². The monoisotopic (exact) mass is 322 g/mol. The first kappa shape index (κ1) is 16.0. The summed E-state index contributed by atoms with van der Waals surface area (Å²) in [7, 11) is 0. The molecule has 3 rings (SSSR count). The van der Waals surface area contributed by atoms with E-state index in [1.807, 2.05) is 32.0 Å². The average Bonchev–Trinajstić information content (AvgIpc) is 2.59. The first-order chi connectivity index (χ1) is 11.6. The molecule has 4 nitrogen and oxygen atoms in total. The second-order valence-corrected chi connectivity index (χ2v) is 5.68. The highest BCUT2D eigenvalue weighted by Crippen LogP contribution is 2.23. The van der Waals surface area contributed by atoms with Crippen molar-refractivity contribution < 1.29 is 13.9 Å². The fourth-order valence-electron chi connectivity index (χ4n) is 2.56. The van der Waals surface area contributed by atoms with E-state index in [1.54, 1.807) is 24.3 Å². The Bertz CT molecular complexity index is 936. The van der Waals surface area contributed by atoms with Crippen LogP contribution in [0.5, 0.6) is 5.75 Å². The van der Waals surface area contributed by atoms with E-state index in [1.165, 1.54) is 6.07 Å². The highest BCUT2D eigenvalue weighted by atomic mass is 16.5. The molecule has 122 valence electrons. The normalized spacial score (nSPS) is 10.8. The van der Waals surface area contributed by atoms with Crippen LogP contribution in [-0.4, -0.2) is 12.4 Å². The van der Waals surface area contributed by atoms with E-state index >= 15 is 0 Å². The quantitative estimate of drug-likeness (QED) is 0.527. The number of ether oxygens (including phenoxy) is 1. The molecule has 0 saturated carbocycles. The minimum atomic E-state index is -0.382. The van der Waals surface area contributed by atoms with Crippen LogP contribution in [0.3, 0.4) is 0 Å². The number of carbonyl (C=O) groups is 1. The van der Waals surface area contributed by atoms with Gasteiger partial charge in [-0.1, -0.05) is 36.8 Å². The molecule has 2 aromatic carbocycles. The van der Waals surface area contributed by atoms with E-state index in [4.69, 9.17) is 9.15 Å². The third kappa shape index (κ3) is 3.38. The van der Waals surface area contributed by atoms with E-state index in [-0.39, 0.29) is 18.0 Å². The van der Waals surface area contributed by atoms with Gasteiger partial charge in [0, 0.05) is 23.1 Å². The number of ketones is 1. The van der Waals surface area contributed by atoms with Gasteiger partial charge in [0.2, 0.25) is 0 Å². The molecular formula is C20H18O4. The van der Waals surface area contributed by atoms with E-state index in [0.29, 0.717) is 16.9 Å². The predicted octanol–water partition coefficient (Wildman–Crippen LogP) is 3.93. The second-order valence-electron chi connectivity index (χ2n) is 5.68. The largest absolute Gasteiger partial charge is 0.485 e. The zero-order valence-corrected chi connectivity index (χ0v) is 13.7. The van der Waals surface area contributed by atoms with Crippen molar-refractivity contribution in [1.82, 2.24) is 0 Å². The lowest BCUT2D eigenvalue weighted by molar-refractivity contribution is 0.0921. The molecule has 0 amide bonds. The number of benzene rings is 2. The summed E-state index contributed by atoms with van der Waals surface area (Å²) < 4.78 is 10.8. The molecule has 0 radical (unpaired) electrons. The summed E-state index contributed by atoms with van der Waals surface area (Å²) in [6, 6.07) is 14.1.